The summed E-state index contributed by atoms with van der Waals surface area (Å²) in [6.07, 6.45) is 2.14. The maximum atomic E-state index is 12.9. The van der Waals surface area contributed by atoms with E-state index in [9.17, 15) is 4.79 Å². The van der Waals surface area contributed by atoms with Crippen LogP contribution in [0.15, 0.2) is 24.3 Å². The average Bonchev–Trinajstić information content (AvgIpc) is 2.63. The van der Waals surface area contributed by atoms with Gasteiger partial charge in [-0.1, -0.05) is 0 Å². The zero-order valence-electron chi connectivity index (χ0n) is 17.9. The van der Waals surface area contributed by atoms with Crippen molar-refractivity contribution < 1.29 is 9.53 Å². The van der Waals surface area contributed by atoms with Crippen LogP contribution in [0.5, 0.6) is 5.75 Å². The molecular formula is C21H35N5O2. The van der Waals surface area contributed by atoms with E-state index >= 15 is 0 Å². The van der Waals surface area contributed by atoms with Crippen molar-refractivity contribution in [1.29, 1.82) is 0 Å². The number of hydrogen-bond donors (Lipinski definition) is 1. The van der Waals surface area contributed by atoms with E-state index in [1.54, 1.807) is 7.11 Å². The fourth-order valence-corrected chi connectivity index (χ4v) is 4.29. The van der Waals surface area contributed by atoms with Crippen LogP contribution in [0.4, 0.5) is 10.5 Å². The van der Waals surface area contributed by atoms with Crippen LogP contribution in [0, 0.1) is 0 Å². The highest BCUT2D eigenvalue weighted by atomic mass is 16.5. The fourth-order valence-electron chi connectivity index (χ4n) is 4.29. The predicted molar refractivity (Wildman–Crippen MR) is 113 cm³/mol. The first-order valence-electron chi connectivity index (χ1n) is 10.1. The van der Waals surface area contributed by atoms with Gasteiger partial charge in [0.25, 0.3) is 0 Å². The highest BCUT2D eigenvalue weighted by molar-refractivity contribution is 5.89. The Bertz CT molecular complexity index is 649. The minimum atomic E-state index is -0.0133. The standard InChI is InChI=1S/C21H35N5O2/c1-23(2)13-18-12-19-14-25(11-10-17(24(3)4)15-26(18)19)21(27)22-16-6-8-20(28-5)9-7-16/h6-9,17-19H,10-15H2,1-5H3,(H,22,27)/t17?,18-,19+/m0/s1. The molecule has 3 rings (SSSR count). The number of nitrogens with one attached hydrogen (secondary N) is 1. The summed E-state index contributed by atoms with van der Waals surface area (Å²) in [6, 6.07) is 8.99. The third-order valence-corrected chi connectivity index (χ3v) is 6.00. The summed E-state index contributed by atoms with van der Waals surface area (Å²) < 4.78 is 5.19. The van der Waals surface area contributed by atoms with Crippen molar-refractivity contribution in [2.45, 2.75) is 31.0 Å². The molecular weight excluding hydrogens is 354 g/mol. The van der Waals surface area contributed by atoms with Gasteiger partial charge in [0.05, 0.1) is 7.11 Å². The molecule has 156 valence electrons. The maximum Gasteiger partial charge on any atom is 0.321 e. The molecule has 1 unspecified atom stereocenters. The normalized spacial score (nSPS) is 25.7. The van der Waals surface area contributed by atoms with Crippen LogP contribution in [-0.2, 0) is 0 Å². The Morgan fingerprint density at radius 2 is 1.89 bits per heavy atom. The first-order chi connectivity index (χ1) is 13.4. The van der Waals surface area contributed by atoms with E-state index in [4.69, 9.17) is 4.74 Å². The monoisotopic (exact) mass is 389 g/mol. The summed E-state index contributed by atoms with van der Waals surface area (Å²) in [5.74, 6) is 0.787. The van der Waals surface area contributed by atoms with E-state index in [0.29, 0.717) is 18.1 Å². The number of urea groups is 1. The van der Waals surface area contributed by atoms with Gasteiger partial charge in [-0.25, -0.2) is 4.79 Å². The highest BCUT2D eigenvalue weighted by Crippen LogP contribution is 2.30. The van der Waals surface area contributed by atoms with Gasteiger partial charge in [0, 0.05) is 50.0 Å². The zero-order valence-corrected chi connectivity index (χ0v) is 17.9. The maximum absolute atomic E-state index is 12.9. The number of ether oxygens (including phenoxy) is 1. The SMILES string of the molecule is COc1ccc(NC(=O)N2CCC(N(C)C)CN3[C@H](C[C@H]3CN(C)C)C2)cc1. The molecule has 28 heavy (non-hydrogen) atoms. The number of hydrogen-bond acceptors (Lipinski definition) is 5. The van der Waals surface area contributed by atoms with Crippen LogP contribution in [-0.4, -0.2) is 105 Å². The van der Waals surface area contributed by atoms with Crippen molar-refractivity contribution in [3.05, 3.63) is 24.3 Å². The van der Waals surface area contributed by atoms with Gasteiger partial charge < -0.3 is 24.8 Å². The van der Waals surface area contributed by atoms with E-state index in [2.05, 4.69) is 48.2 Å². The third-order valence-electron chi connectivity index (χ3n) is 6.00. The number of methoxy groups -OCH3 is 1. The first-order valence-corrected chi connectivity index (χ1v) is 10.1. The minimum absolute atomic E-state index is 0.0133. The van der Waals surface area contributed by atoms with Gasteiger partial charge in [-0.3, -0.25) is 4.90 Å². The molecule has 3 atom stereocenters. The van der Waals surface area contributed by atoms with Gasteiger partial charge in [0.1, 0.15) is 5.75 Å². The number of amides is 2. The molecule has 2 aliphatic heterocycles. The van der Waals surface area contributed by atoms with Gasteiger partial charge in [0.2, 0.25) is 0 Å². The molecule has 7 nitrogen and oxygen atoms in total. The molecule has 2 heterocycles. The molecule has 2 amide bonds. The molecule has 2 fully saturated rings. The Labute approximate surface area is 169 Å². The molecule has 1 aromatic rings. The van der Waals surface area contributed by atoms with Crippen molar-refractivity contribution >= 4 is 11.7 Å². The number of anilines is 1. The quantitative estimate of drug-likeness (QED) is 0.833. The van der Waals surface area contributed by atoms with Gasteiger partial charge >= 0.3 is 6.03 Å². The van der Waals surface area contributed by atoms with Crippen LogP contribution in [0.3, 0.4) is 0 Å². The number of nitrogens with zero attached hydrogens (tertiary/aromatic N) is 4. The van der Waals surface area contributed by atoms with Gasteiger partial charge in [-0.05, 0) is 65.3 Å². The highest BCUT2D eigenvalue weighted by Gasteiger charge is 2.42. The summed E-state index contributed by atoms with van der Waals surface area (Å²) in [7, 11) is 10.2. The van der Waals surface area contributed by atoms with E-state index in [0.717, 1.165) is 50.5 Å². The van der Waals surface area contributed by atoms with E-state index in [1.165, 1.54) is 0 Å². The Hall–Kier alpha value is -1.83. The van der Waals surface area contributed by atoms with Gasteiger partial charge in [-0.2, -0.15) is 0 Å². The van der Waals surface area contributed by atoms with Crippen molar-refractivity contribution in [2.75, 3.05) is 66.8 Å². The Kier molecular flexibility index (Phi) is 6.80. The molecule has 0 aliphatic carbocycles. The minimum Gasteiger partial charge on any atom is -0.497 e. The van der Waals surface area contributed by atoms with E-state index < -0.39 is 0 Å². The van der Waals surface area contributed by atoms with Crippen molar-refractivity contribution in [2.24, 2.45) is 0 Å². The van der Waals surface area contributed by atoms with Crippen LogP contribution in [0.2, 0.25) is 0 Å². The molecule has 2 saturated heterocycles. The number of likely N-dealkylation sites (N-methyl/N-ethyl adjacent to an activating group) is 2. The summed E-state index contributed by atoms with van der Waals surface area (Å²) in [5.41, 5.74) is 0.799. The number of carbonyl (C=O) groups excluding carboxylic acids is 1. The first kappa shape index (κ1) is 20.9. The number of fused-ring (bicyclic) bond motifs is 1. The average molecular weight is 390 g/mol. The molecule has 0 aromatic heterocycles. The Morgan fingerprint density at radius 1 is 1.18 bits per heavy atom. The second kappa shape index (κ2) is 9.11. The molecule has 0 saturated carbocycles. The molecule has 1 N–H and O–H groups in total. The predicted octanol–water partition coefficient (Wildman–Crippen LogP) is 1.87. The van der Waals surface area contributed by atoms with Crippen LogP contribution in [0.1, 0.15) is 12.8 Å². The lowest BCUT2D eigenvalue weighted by molar-refractivity contribution is -0.0377. The van der Waals surface area contributed by atoms with E-state index in [1.807, 2.05) is 29.2 Å². The molecule has 0 spiro atoms. The molecule has 2 aliphatic rings. The molecule has 1 aromatic carbocycles. The summed E-state index contributed by atoms with van der Waals surface area (Å²) in [6.45, 7) is 3.75. The lowest BCUT2D eigenvalue weighted by Gasteiger charge is -2.54. The number of benzene rings is 1. The lowest BCUT2D eigenvalue weighted by atomic mass is 9.89. The van der Waals surface area contributed by atoms with E-state index in [-0.39, 0.29) is 6.03 Å². The van der Waals surface area contributed by atoms with Gasteiger partial charge in [0.15, 0.2) is 0 Å². The summed E-state index contributed by atoms with van der Waals surface area (Å²) in [5, 5.41) is 3.05. The molecule has 7 heteroatoms. The zero-order chi connectivity index (χ0) is 20.3. The lowest BCUT2D eigenvalue weighted by Crippen LogP contribution is -2.66. The third kappa shape index (κ3) is 4.96. The summed E-state index contributed by atoms with van der Waals surface area (Å²) >= 11 is 0. The number of carbonyl (C=O) groups is 1. The molecule has 0 bridgehead atoms. The largest absolute Gasteiger partial charge is 0.497 e. The summed E-state index contributed by atoms with van der Waals surface area (Å²) in [4.78, 5) is 22.1. The topological polar surface area (TPSA) is 51.3 Å². The van der Waals surface area contributed by atoms with Crippen LogP contribution >= 0.6 is 0 Å². The molecule has 0 radical (unpaired) electrons. The Morgan fingerprint density at radius 3 is 2.50 bits per heavy atom. The van der Waals surface area contributed by atoms with Crippen molar-refractivity contribution in [1.82, 2.24) is 19.6 Å². The van der Waals surface area contributed by atoms with Crippen LogP contribution in [0.25, 0.3) is 0 Å². The van der Waals surface area contributed by atoms with Crippen LogP contribution < -0.4 is 10.1 Å². The second-order valence-electron chi connectivity index (χ2n) is 8.51. The second-order valence-corrected chi connectivity index (χ2v) is 8.51. The van der Waals surface area contributed by atoms with Crippen molar-refractivity contribution in [3.8, 4) is 5.75 Å². The van der Waals surface area contributed by atoms with Gasteiger partial charge in [-0.15, -0.1) is 0 Å². The number of rotatable bonds is 5. The smallest absolute Gasteiger partial charge is 0.321 e. The fraction of sp³-hybridized carbons (Fsp3) is 0.667. The van der Waals surface area contributed by atoms with Crippen molar-refractivity contribution in [3.63, 3.8) is 0 Å². The Balaban J connectivity index is 1.66.